The van der Waals surface area contributed by atoms with Crippen molar-refractivity contribution in [3.63, 3.8) is 0 Å². The van der Waals surface area contributed by atoms with Crippen LogP contribution in [0.15, 0.2) is 42.0 Å². The van der Waals surface area contributed by atoms with Crippen LogP contribution in [0, 0.1) is 0 Å². The minimum atomic E-state index is -0.326. The molecule has 3 aromatic rings. The zero-order valence-corrected chi connectivity index (χ0v) is 24.0. The lowest BCUT2D eigenvalue weighted by Gasteiger charge is -2.31. The molecule has 0 radical (unpaired) electrons. The van der Waals surface area contributed by atoms with Gasteiger partial charge in [-0.15, -0.1) is 11.3 Å². The molecule has 2 aromatic heterocycles. The summed E-state index contributed by atoms with van der Waals surface area (Å²) in [4.78, 5) is 43.7. The molecule has 5 rings (SSSR count). The Morgan fingerprint density at radius 3 is 2.62 bits per heavy atom. The SMILES string of the molecule is CCCNC(=O)c1cc(CN2CCC[C@H]2C)ccc1NC(=O)c1csc(N2CCC(Oc3ncccn3)CC2)n1. The molecule has 0 spiro atoms. The zero-order valence-electron chi connectivity index (χ0n) is 23.1. The molecule has 212 valence electrons. The quantitative estimate of drug-likeness (QED) is 0.374. The van der Waals surface area contributed by atoms with Gasteiger partial charge in [-0.1, -0.05) is 13.0 Å². The summed E-state index contributed by atoms with van der Waals surface area (Å²) >= 11 is 1.45. The van der Waals surface area contributed by atoms with Crippen molar-refractivity contribution in [2.45, 2.75) is 64.6 Å². The topological polar surface area (TPSA) is 113 Å². The van der Waals surface area contributed by atoms with Crippen LogP contribution in [0.3, 0.4) is 0 Å². The molecule has 2 aliphatic rings. The number of thiazole rings is 1. The molecule has 40 heavy (non-hydrogen) atoms. The van der Waals surface area contributed by atoms with E-state index in [1.54, 1.807) is 23.8 Å². The van der Waals surface area contributed by atoms with E-state index in [1.165, 1.54) is 24.2 Å². The van der Waals surface area contributed by atoms with Crippen LogP contribution in [0.5, 0.6) is 6.01 Å². The highest BCUT2D eigenvalue weighted by molar-refractivity contribution is 7.14. The smallest absolute Gasteiger partial charge is 0.316 e. The Balaban J connectivity index is 1.22. The van der Waals surface area contributed by atoms with E-state index in [9.17, 15) is 9.59 Å². The number of hydrogen-bond donors (Lipinski definition) is 2. The molecule has 11 heteroatoms. The van der Waals surface area contributed by atoms with Gasteiger partial charge in [-0.3, -0.25) is 14.5 Å². The van der Waals surface area contributed by atoms with Gasteiger partial charge in [0, 0.05) is 62.8 Å². The lowest BCUT2D eigenvalue weighted by atomic mass is 10.1. The van der Waals surface area contributed by atoms with Crippen LogP contribution in [0.4, 0.5) is 10.8 Å². The van der Waals surface area contributed by atoms with Crippen LogP contribution < -0.4 is 20.3 Å². The van der Waals surface area contributed by atoms with Gasteiger partial charge in [0.15, 0.2) is 5.13 Å². The fraction of sp³-hybridized carbons (Fsp3) is 0.483. The second-order valence-corrected chi connectivity index (χ2v) is 11.2. The molecule has 10 nitrogen and oxygen atoms in total. The maximum atomic E-state index is 13.2. The molecular weight excluding hydrogens is 526 g/mol. The van der Waals surface area contributed by atoms with E-state index in [0.29, 0.717) is 35.5 Å². The minimum absolute atomic E-state index is 0.0512. The largest absolute Gasteiger partial charge is 0.460 e. The lowest BCUT2D eigenvalue weighted by molar-refractivity contribution is 0.0954. The number of nitrogens with one attached hydrogen (secondary N) is 2. The molecule has 0 unspecified atom stereocenters. The Kier molecular flexibility index (Phi) is 9.22. The molecule has 4 heterocycles. The van der Waals surface area contributed by atoms with E-state index < -0.39 is 0 Å². The van der Waals surface area contributed by atoms with Crippen molar-refractivity contribution < 1.29 is 14.3 Å². The number of piperidine rings is 1. The number of amides is 2. The fourth-order valence-electron chi connectivity index (χ4n) is 5.14. The van der Waals surface area contributed by atoms with Crippen molar-refractivity contribution >= 4 is 34.0 Å². The van der Waals surface area contributed by atoms with Gasteiger partial charge >= 0.3 is 6.01 Å². The molecule has 2 N–H and O–H groups in total. The molecular formula is C29H37N7O3S. The van der Waals surface area contributed by atoms with Gasteiger partial charge in [-0.25, -0.2) is 15.0 Å². The van der Waals surface area contributed by atoms with Crippen molar-refractivity contribution in [1.29, 1.82) is 0 Å². The summed E-state index contributed by atoms with van der Waals surface area (Å²) in [6.45, 7) is 8.23. The number of nitrogens with zero attached hydrogens (tertiary/aromatic N) is 5. The Hall–Kier alpha value is -3.57. The average Bonchev–Trinajstić information content (AvgIpc) is 3.63. The highest BCUT2D eigenvalue weighted by Gasteiger charge is 2.25. The van der Waals surface area contributed by atoms with E-state index in [0.717, 1.165) is 56.1 Å². The molecule has 0 aliphatic carbocycles. The van der Waals surface area contributed by atoms with Crippen molar-refractivity contribution in [1.82, 2.24) is 25.2 Å². The first-order valence-electron chi connectivity index (χ1n) is 14.1. The van der Waals surface area contributed by atoms with E-state index >= 15 is 0 Å². The third kappa shape index (κ3) is 6.95. The van der Waals surface area contributed by atoms with E-state index in [4.69, 9.17) is 4.74 Å². The van der Waals surface area contributed by atoms with Crippen molar-refractivity contribution in [2.24, 2.45) is 0 Å². The fourth-order valence-corrected chi connectivity index (χ4v) is 6.00. The van der Waals surface area contributed by atoms with E-state index in [-0.39, 0.29) is 17.9 Å². The summed E-state index contributed by atoms with van der Waals surface area (Å²) in [5, 5.41) is 8.47. The molecule has 2 amide bonds. The maximum Gasteiger partial charge on any atom is 0.316 e. The molecule has 2 saturated heterocycles. The van der Waals surface area contributed by atoms with Crippen molar-refractivity contribution in [2.75, 3.05) is 36.4 Å². The van der Waals surface area contributed by atoms with Crippen LogP contribution in [-0.4, -0.2) is 70.0 Å². The van der Waals surface area contributed by atoms with Gasteiger partial charge in [-0.2, -0.15) is 0 Å². The predicted octanol–water partition coefficient (Wildman–Crippen LogP) is 4.36. The van der Waals surface area contributed by atoms with Crippen LogP contribution in [-0.2, 0) is 6.54 Å². The van der Waals surface area contributed by atoms with E-state index in [2.05, 4.69) is 42.3 Å². The van der Waals surface area contributed by atoms with Gasteiger partial charge in [0.2, 0.25) is 0 Å². The highest BCUT2D eigenvalue weighted by Crippen LogP contribution is 2.27. The molecule has 0 bridgehead atoms. The van der Waals surface area contributed by atoms with Gasteiger partial charge < -0.3 is 20.3 Å². The van der Waals surface area contributed by atoms with E-state index in [1.807, 2.05) is 25.1 Å². The molecule has 1 aromatic carbocycles. The van der Waals surface area contributed by atoms with Crippen molar-refractivity contribution in [3.05, 3.63) is 58.9 Å². The normalized spacial score (nSPS) is 18.1. The highest BCUT2D eigenvalue weighted by atomic mass is 32.1. The van der Waals surface area contributed by atoms with Gasteiger partial charge in [0.05, 0.1) is 11.3 Å². The maximum absolute atomic E-state index is 13.2. The summed E-state index contributed by atoms with van der Waals surface area (Å²) in [5.74, 6) is -0.508. The second kappa shape index (κ2) is 13.2. The summed E-state index contributed by atoms with van der Waals surface area (Å²) in [6.07, 6.45) is 8.26. The second-order valence-electron chi connectivity index (χ2n) is 10.4. The number of carbonyl (C=O) groups excluding carboxylic acids is 2. The number of benzene rings is 1. The standard InChI is InChI=1S/C29H37N7O3S/c1-3-11-30-26(37)23-17-21(18-36-14-4-6-20(36)2)7-8-24(23)33-27(38)25-19-40-29(34-25)35-15-9-22(10-16-35)39-28-31-12-5-13-32-28/h5,7-8,12-13,17,19-20,22H,3-4,6,9-11,14-16,18H2,1-2H3,(H,30,37)(H,33,38)/t20-/m1/s1. The first-order valence-corrected chi connectivity index (χ1v) is 15.0. The molecule has 1 atom stereocenters. The first-order chi connectivity index (χ1) is 19.5. The minimum Gasteiger partial charge on any atom is -0.460 e. The average molecular weight is 564 g/mol. The molecule has 2 aliphatic heterocycles. The van der Waals surface area contributed by atoms with Crippen molar-refractivity contribution in [3.8, 4) is 6.01 Å². The number of carbonyl (C=O) groups is 2. The lowest BCUT2D eigenvalue weighted by Crippen LogP contribution is -2.38. The van der Waals surface area contributed by atoms with Gasteiger partial charge in [-0.05, 0) is 56.5 Å². The van der Waals surface area contributed by atoms with Crippen LogP contribution in [0.1, 0.15) is 72.4 Å². The summed E-state index contributed by atoms with van der Waals surface area (Å²) in [7, 11) is 0. The number of likely N-dealkylation sites (tertiary alicyclic amines) is 1. The third-order valence-electron chi connectivity index (χ3n) is 7.44. The summed E-state index contributed by atoms with van der Waals surface area (Å²) in [5.41, 5.74) is 2.38. The van der Waals surface area contributed by atoms with Gasteiger partial charge in [0.25, 0.3) is 11.8 Å². The number of anilines is 2. The Morgan fingerprint density at radius 1 is 1.10 bits per heavy atom. The Labute approximate surface area is 239 Å². The third-order valence-corrected chi connectivity index (χ3v) is 8.34. The number of hydrogen-bond acceptors (Lipinski definition) is 9. The summed E-state index contributed by atoms with van der Waals surface area (Å²) < 4.78 is 5.89. The number of rotatable bonds is 10. The van der Waals surface area contributed by atoms with Crippen LogP contribution >= 0.6 is 11.3 Å². The zero-order chi connectivity index (χ0) is 27.9. The van der Waals surface area contributed by atoms with Gasteiger partial charge in [0.1, 0.15) is 11.8 Å². The Morgan fingerprint density at radius 2 is 1.90 bits per heavy atom. The van der Waals surface area contributed by atoms with Crippen LogP contribution in [0.2, 0.25) is 0 Å². The molecule has 0 saturated carbocycles. The monoisotopic (exact) mass is 563 g/mol. The Bertz CT molecular complexity index is 1290. The number of ether oxygens (including phenoxy) is 1. The van der Waals surface area contributed by atoms with Crippen LogP contribution in [0.25, 0.3) is 0 Å². The summed E-state index contributed by atoms with van der Waals surface area (Å²) in [6, 6.07) is 8.44. The first kappa shape index (κ1) is 28.0. The predicted molar refractivity (Wildman–Crippen MR) is 156 cm³/mol. The number of aromatic nitrogens is 3. The molecule has 2 fully saturated rings.